The van der Waals surface area contributed by atoms with E-state index in [1.165, 1.54) is 0 Å². The minimum Gasteiger partial charge on any atom is -0.396 e. The third-order valence-electron chi connectivity index (χ3n) is 1.94. The summed E-state index contributed by atoms with van der Waals surface area (Å²) in [5, 5.41) is 8.93. The third-order valence-corrected chi connectivity index (χ3v) is 1.94. The monoisotopic (exact) mass is 234 g/mol. The Morgan fingerprint density at radius 2 is 1.88 bits per heavy atom. The molecule has 2 atom stereocenters. The molecule has 0 saturated heterocycles. The van der Waals surface area contributed by atoms with Crippen LogP contribution in [0.1, 0.15) is 41.0 Å². The Labute approximate surface area is 98.9 Å². The summed E-state index contributed by atoms with van der Waals surface area (Å²) in [7, 11) is 0. The van der Waals surface area contributed by atoms with Crippen LogP contribution in [0.3, 0.4) is 0 Å². The molecule has 0 radical (unpaired) electrons. The van der Waals surface area contributed by atoms with Gasteiger partial charge in [-0.25, -0.2) is 0 Å². The first-order valence-corrected chi connectivity index (χ1v) is 5.91. The highest BCUT2D eigenvalue weighted by Crippen LogP contribution is 2.11. The number of ether oxygens (including phenoxy) is 3. The number of aliphatic hydroxyl groups excluding tert-OH is 1. The summed E-state index contributed by atoms with van der Waals surface area (Å²) in [4.78, 5) is 0. The summed E-state index contributed by atoms with van der Waals surface area (Å²) in [6.07, 6.45) is 0.184. The van der Waals surface area contributed by atoms with Crippen molar-refractivity contribution in [3.8, 4) is 0 Å². The molecule has 0 amide bonds. The fourth-order valence-electron chi connectivity index (χ4n) is 1.22. The minimum atomic E-state index is -0.259. The molecule has 2 unspecified atom stereocenters. The van der Waals surface area contributed by atoms with Gasteiger partial charge in [-0.2, -0.15) is 0 Å². The Hall–Kier alpha value is -0.160. The predicted molar refractivity (Wildman–Crippen MR) is 63.4 cm³/mol. The Bertz CT molecular complexity index is 165. The van der Waals surface area contributed by atoms with Crippen LogP contribution < -0.4 is 0 Å². The largest absolute Gasteiger partial charge is 0.396 e. The Morgan fingerprint density at radius 1 is 1.25 bits per heavy atom. The highest BCUT2D eigenvalue weighted by molar-refractivity contribution is 4.63. The molecule has 0 aliphatic rings. The highest BCUT2D eigenvalue weighted by Gasteiger charge is 2.17. The first-order valence-electron chi connectivity index (χ1n) is 5.91. The summed E-state index contributed by atoms with van der Waals surface area (Å²) < 4.78 is 16.5. The highest BCUT2D eigenvalue weighted by atomic mass is 16.7. The van der Waals surface area contributed by atoms with Crippen molar-refractivity contribution in [1.82, 2.24) is 0 Å². The molecule has 0 aromatic carbocycles. The van der Waals surface area contributed by atoms with Gasteiger partial charge in [0, 0.05) is 13.2 Å². The van der Waals surface area contributed by atoms with E-state index in [9.17, 15) is 0 Å². The first-order chi connectivity index (χ1) is 7.39. The van der Waals surface area contributed by atoms with E-state index in [1.54, 1.807) is 0 Å². The molecule has 0 spiro atoms. The van der Waals surface area contributed by atoms with E-state index >= 15 is 0 Å². The molecule has 0 bridgehead atoms. The van der Waals surface area contributed by atoms with Crippen molar-refractivity contribution < 1.29 is 19.3 Å². The molecule has 1 N–H and O–H groups in total. The maximum absolute atomic E-state index is 8.93. The molecule has 0 aliphatic heterocycles. The van der Waals surface area contributed by atoms with Gasteiger partial charge in [-0.05, 0) is 41.0 Å². The van der Waals surface area contributed by atoms with Crippen molar-refractivity contribution in [2.45, 2.75) is 59.0 Å². The minimum absolute atomic E-state index is 0.0943. The van der Waals surface area contributed by atoms with E-state index in [0.29, 0.717) is 19.6 Å². The second-order valence-corrected chi connectivity index (χ2v) is 4.72. The van der Waals surface area contributed by atoms with Gasteiger partial charge >= 0.3 is 0 Å². The molecule has 0 aromatic heterocycles. The van der Waals surface area contributed by atoms with Crippen molar-refractivity contribution in [3.63, 3.8) is 0 Å². The van der Waals surface area contributed by atoms with Crippen LogP contribution in [0.2, 0.25) is 0 Å². The van der Waals surface area contributed by atoms with E-state index in [2.05, 4.69) is 0 Å². The van der Waals surface area contributed by atoms with Gasteiger partial charge in [-0.3, -0.25) is 0 Å². The molecule has 0 aliphatic carbocycles. The summed E-state index contributed by atoms with van der Waals surface area (Å²) >= 11 is 0. The molecule has 4 heteroatoms. The van der Waals surface area contributed by atoms with Crippen molar-refractivity contribution >= 4 is 0 Å². The van der Waals surface area contributed by atoms with Gasteiger partial charge in [0.25, 0.3) is 0 Å². The summed E-state index contributed by atoms with van der Waals surface area (Å²) in [5.74, 6) is 0. The van der Waals surface area contributed by atoms with Crippen LogP contribution in [0.25, 0.3) is 0 Å². The van der Waals surface area contributed by atoms with Crippen LogP contribution in [-0.4, -0.2) is 42.9 Å². The molecular weight excluding hydrogens is 208 g/mol. The lowest BCUT2D eigenvalue weighted by Crippen LogP contribution is -2.31. The zero-order valence-corrected chi connectivity index (χ0v) is 11.2. The molecule has 0 saturated carbocycles. The molecule has 98 valence electrons. The zero-order chi connectivity index (χ0) is 12.6. The molecule has 0 aromatic rings. The van der Waals surface area contributed by atoms with Crippen molar-refractivity contribution in [1.29, 1.82) is 0 Å². The zero-order valence-electron chi connectivity index (χ0n) is 11.2. The third kappa shape index (κ3) is 9.09. The summed E-state index contributed by atoms with van der Waals surface area (Å²) in [6, 6.07) is 0. The van der Waals surface area contributed by atoms with Crippen LogP contribution >= 0.6 is 0 Å². The van der Waals surface area contributed by atoms with Gasteiger partial charge in [0.05, 0.1) is 18.3 Å². The van der Waals surface area contributed by atoms with Crippen LogP contribution in [-0.2, 0) is 14.2 Å². The number of hydrogen-bond donors (Lipinski definition) is 1. The standard InChI is InChI=1S/C12H26O4/c1-6-14-10(2)16-11(7-8-13)9-15-12(3,4)5/h10-11,13H,6-9H2,1-5H3. The maximum atomic E-state index is 8.93. The van der Waals surface area contributed by atoms with Gasteiger partial charge in [-0.1, -0.05) is 0 Å². The van der Waals surface area contributed by atoms with E-state index < -0.39 is 0 Å². The SMILES string of the molecule is CCOC(C)OC(CCO)COC(C)(C)C. The van der Waals surface area contributed by atoms with Crippen LogP contribution in [0.15, 0.2) is 0 Å². The lowest BCUT2D eigenvalue weighted by molar-refractivity contribution is -0.182. The van der Waals surface area contributed by atoms with E-state index in [1.807, 2.05) is 34.6 Å². The normalized spacial score (nSPS) is 16.1. The molecular formula is C12H26O4. The number of hydrogen-bond acceptors (Lipinski definition) is 4. The second-order valence-electron chi connectivity index (χ2n) is 4.72. The van der Waals surface area contributed by atoms with Gasteiger partial charge < -0.3 is 19.3 Å². The van der Waals surface area contributed by atoms with Gasteiger partial charge in [0.2, 0.25) is 0 Å². The average Bonchev–Trinajstić information content (AvgIpc) is 2.14. The summed E-state index contributed by atoms with van der Waals surface area (Å²) in [6.45, 7) is 10.9. The van der Waals surface area contributed by atoms with Gasteiger partial charge in [0.1, 0.15) is 0 Å². The van der Waals surface area contributed by atoms with E-state index in [4.69, 9.17) is 19.3 Å². The van der Waals surface area contributed by atoms with Crippen molar-refractivity contribution in [3.05, 3.63) is 0 Å². The fraction of sp³-hybridized carbons (Fsp3) is 1.00. The van der Waals surface area contributed by atoms with Crippen LogP contribution in [0.4, 0.5) is 0 Å². The molecule has 0 rings (SSSR count). The predicted octanol–water partition coefficient (Wildman–Crippen LogP) is 1.95. The van der Waals surface area contributed by atoms with Crippen LogP contribution in [0, 0.1) is 0 Å². The first kappa shape index (κ1) is 15.8. The average molecular weight is 234 g/mol. The van der Waals surface area contributed by atoms with Crippen molar-refractivity contribution in [2.24, 2.45) is 0 Å². The Balaban J connectivity index is 3.96. The van der Waals surface area contributed by atoms with Crippen molar-refractivity contribution in [2.75, 3.05) is 19.8 Å². The molecule has 0 fully saturated rings. The van der Waals surface area contributed by atoms with Gasteiger partial charge in [0.15, 0.2) is 6.29 Å². The molecule has 4 nitrogen and oxygen atoms in total. The maximum Gasteiger partial charge on any atom is 0.155 e. The topological polar surface area (TPSA) is 47.9 Å². The quantitative estimate of drug-likeness (QED) is 0.652. The fourth-order valence-corrected chi connectivity index (χ4v) is 1.22. The molecule has 16 heavy (non-hydrogen) atoms. The lowest BCUT2D eigenvalue weighted by atomic mass is 10.2. The molecule has 0 heterocycles. The van der Waals surface area contributed by atoms with Gasteiger partial charge in [-0.15, -0.1) is 0 Å². The second kappa shape index (κ2) is 8.01. The number of aliphatic hydroxyl groups is 1. The number of rotatable bonds is 8. The smallest absolute Gasteiger partial charge is 0.155 e. The lowest BCUT2D eigenvalue weighted by Gasteiger charge is -2.26. The Kier molecular flexibility index (Phi) is 7.93. The van der Waals surface area contributed by atoms with Crippen LogP contribution in [0.5, 0.6) is 0 Å². The van der Waals surface area contributed by atoms with E-state index in [0.717, 1.165) is 0 Å². The Morgan fingerprint density at radius 3 is 2.31 bits per heavy atom. The summed E-state index contributed by atoms with van der Waals surface area (Å²) in [5.41, 5.74) is -0.189. The van der Waals surface area contributed by atoms with E-state index in [-0.39, 0.29) is 24.6 Å².